The van der Waals surface area contributed by atoms with Gasteiger partial charge in [-0.1, -0.05) is 66.7 Å². The van der Waals surface area contributed by atoms with Crippen LogP contribution in [0.25, 0.3) is 11.0 Å². The van der Waals surface area contributed by atoms with E-state index in [1.165, 1.54) is 4.57 Å². The van der Waals surface area contributed by atoms with E-state index in [-0.39, 0.29) is 55.8 Å². The molecule has 7 N–H and O–H groups in total. The van der Waals surface area contributed by atoms with E-state index in [1.807, 2.05) is 72.8 Å². The molecule has 1 aliphatic carbocycles. The molecule has 17 nitrogen and oxygen atoms in total. The minimum atomic E-state index is -1.10. The number of primary amides is 1. The molecule has 3 aromatic carbocycles. The molecule has 1 unspecified atom stereocenters. The lowest BCUT2D eigenvalue weighted by atomic mass is 9.77. The van der Waals surface area contributed by atoms with E-state index in [2.05, 4.69) is 22.0 Å². The molecule has 0 radical (unpaired) electrons. The van der Waals surface area contributed by atoms with Gasteiger partial charge in [0.1, 0.15) is 24.2 Å². The molecule has 360 valence electrons. The van der Waals surface area contributed by atoms with Crippen molar-refractivity contribution in [2.24, 2.45) is 24.4 Å². The van der Waals surface area contributed by atoms with Crippen molar-refractivity contribution in [2.75, 3.05) is 13.1 Å². The lowest BCUT2D eigenvalue weighted by Crippen LogP contribution is -2.60. The molecule has 3 saturated heterocycles. The second-order valence-electron chi connectivity index (χ2n) is 19.1. The van der Waals surface area contributed by atoms with Crippen LogP contribution in [-0.4, -0.2) is 97.5 Å². The molecule has 4 fully saturated rings. The predicted molar refractivity (Wildman–Crippen MR) is 253 cm³/mol. The van der Waals surface area contributed by atoms with Gasteiger partial charge < -0.3 is 31.9 Å². The van der Waals surface area contributed by atoms with Crippen LogP contribution in [0.5, 0.6) is 0 Å². The van der Waals surface area contributed by atoms with Gasteiger partial charge in [-0.3, -0.25) is 48.0 Å². The first-order chi connectivity index (χ1) is 32.8. The quantitative estimate of drug-likeness (QED) is 0.110. The van der Waals surface area contributed by atoms with Crippen LogP contribution in [-0.2, 0) is 40.6 Å². The Balaban J connectivity index is 0.824. The largest absolute Gasteiger partial charge is 0.370 e. The number of benzene rings is 3. The molecule has 4 aromatic rings. The van der Waals surface area contributed by atoms with Crippen molar-refractivity contribution in [3.63, 3.8) is 0 Å². The van der Waals surface area contributed by atoms with E-state index in [9.17, 15) is 38.4 Å². The highest BCUT2D eigenvalue weighted by Gasteiger charge is 2.45. The Morgan fingerprint density at radius 1 is 0.794 bits per heavy atom. The third kappa shape index (κ3) is 10.6. The second-order valence-corrected chi connectivity index (χ2v) is 19.1. The maximum atomic E-state index is 14.0. The number of aromatic nitrogens is 2. The molecular formula is C51H63N9O8. The van der Waals surface area contributed by atoms with Gasteiger partial charge in [-0.05, 0) is 111 Å². The summed E-state index contributed by atoms with van der Waals surface area (Å²) < 4.78 is 3.08. The summed E-state index contributed by atoms with van der Waals surface area (Å²) in [5.74, 6) is -2.05. The summed E-state index contributed by atoms with van der Waals surface area (Å²) in [6.45, 7) is 0.439. The Bertz CT molecular complexity index is 2550. The van der Waals surface area contributed by atoms with Crippen LogP contribution >= 0.6 is 0 Å². The van der Waals surface area contributed by atoms with E-state index in [0.717, 1.165) is 60.7 Å². The summed E-state index contributed by atoms with van der Waals surface area (Å²) in [5, 5.41) is 8.27. The number of nitrogens with two attached hydrogens (primary N) is 2. The fraction of sp³-hybridized carbons (Fsp3) is 0.490. The molecule has 7 amide bonds. The Morgan fingerprint density at radius 3 is 2.15 bits per heavy atom. The number of fused-ring (bicyclic) bond motifs is 2. The van der Waals surface area contributed by atoms with E-state index < -0.39 is 59.7 Å². The summed E-state index contributed by atoms with van der Waals surface area (Å²) in [7, 11) is 1.71. The average Bonchev–Trinajstić information content (AvgIpc) is 3.87. The molecule has 68 heavy (non-hydrogen) atoms. The summed E-state index contributed by atoms with van der Waals surface area (Å²) in [6.07, 6.45) is 7.65. The smallest absolute Gasteiger partial charge is 0.329 e. The minimum absolute atomic E-state index is 0.0293. The lowest BCUT2D eigenvalue weighted by Gasteiger charge is -2.38. The number of hydrogen-bond donors (Lipinski definition) is 5. The Hall–Kier alpha value is -6.62. The normalized spacial score (nSPS) is 23.7. The first kappa shape index (κ1) is 47.9. The number of hydrogen-bond acceptors (Lipinski definition) is 9. The van der Waals surface area contributed by atoms with Crippen molar-refractivity contribution >= 4 is 52.4 Å². The molecule has 4 aliphatic rings. The average molecular weight is 930 g/mol. The summed E-state index contributed by atoms with van der Waals surface area (Å²) in [4.78, 5) is 108. The van der Waals surface area contributed by atoms with Crippen LogP contribution < -0.4 is 33.1 Å². The van der Waals surface area contributed by atoms with Crippen molar-refractivity contribution in [3.05, 3.63) is 106 Å². The molecule has 5 atom stereocenters. The van der Waals surface area contributed by atoms with E-state index in [0.29, 0.717) is 49.6 Å². The summed E-state index contributed by atoms with van der Waals surface area (Å²) in [6, 6.07) is 20.3. The van der Waals surface area contributed by atoms with E-state index in [1.54, 1.807) is 21.4 Å². The Morgan fingerprint density at radius 2 is 1.49 bits per heavy atom. The molecular weight excluding hydrogens is 867 g/mol. The number of imide groups is 1. The van der Waals surface area contributed by atoms with Crippen LogP contribution in [0.2, 0.25) is 0 Å². The number of carbonyl (C=O) groups excluding carboxylic acids is 7. The number of carbonyl (C=O) groups is 7. The van der Waals surface area contributed by atoms with Gasteiger partial charge in [0.05, 0.1) is 17.1 Å². The van der Waals surface area contributed by atoms with Crippen molar-refractivity contribution in [1.29, 1.82) is 0 Å². The van der Waals surface area contributed by atoms with Crippen LogP contribution in [0.4, 0.5) is 0 Å². The summed E-state index contributed by atoms with van der Waals surface area (Å²) in [5.41, 5.74) is 16.0. The summed E-state index contributed by atoms with van der Waals surface area (Å²) >= 11 is 0. The van der Waals surface area contributed by atoms with Gasteiger partial charge in [0.25, 0.3) is 0 Å². The number of aryl methyl sites for hydroxylation is 1. The fourth-order valence-electron chi connectivity index (χ4n) is 11.0. The highest BCUT2D eigenvalue weighted by molar-refractivity contribution is 6.00. The molecule has 8 rings (SSSR count). The topological polar surface area (TPSA) is 241 Å². The monoisotopic (exact) mass is 929 g/mol. The number of rotatable bonds is 15. The first-order valence-corrected chi connectivity index (χ1v) is 24.2. The first-order valence-electron chi connectivity index (χ1n) is 24.2. The van der Waals surface area contributed by atoms with Crippen molar-refractivity contribution in [3.8, 4) is 0 Å². The van der Waals surface area contributed by atoms with Crippen LogP contribution in [0.15, 0.2) is 83.7 Å². The zero-order chi connectivity index (χ0) is 48.1. The maximum Gasteiger partial charge on any atom is 0.329 e. The Labute approximate surface area is 395 Å². The van der Waals surface area contributed by atoms with Gasteiger partial charge in [0.2, 0.25) is 41.4 Å². The third-order valence-corrected chi connectivity index (χ3v) is 14.7. The number of amides is 7. The third-order valence-electron chi connectivity index (χ3n) is 14.7. The van der Waals surface area contributed by atoms with Gasteiger partial charge >= 0.3 is 5.69 Å². The number of nitrogens with zero attached hydrogens (tertiary/aromatic N) is 4. The number of piperidine rings is 1. The predicted octanol–water partition coefficient (Wildman–Crippen LogP) is 3.34. The highest BCUT2D eigenvalue weighted by atomic mass is 16.2. The van der Waals surface area contributed by atoms with Crippen molar-refractivity contribution < 1.29 is 33.6 Å². The standard InChI is InChI=1S/C51H63N9O8/c1-57-42-29-35(19-22-39(42)60(51(57)68)41-24-26-44(62)55-49(41)66)32-17-15-31(16-18-32)9-8-14-45(63)58-28-27-36-20-23-40(59(36)50(67)37(52)30-58)48(65)54-38(21-25-43(53)61)47(64)56-46(33-10-4-2-5-11-33)34-12-6-3-7-13-34/h2-7,10-13,19,22,29,31-32,36-38,40-41,46H,8-9,14-18,20-21,23-28,30,52H2,1H3,(H2,53,61)(H,54,65)(H,56,64)(H,55,62,66)/t31?,32?,36-,37+,38+,40+,41?/m1/s1. The minimum Gasteiger partial charge on any atom is -0.370 e. The molecule has 17 heteroatoms. The molecule has 1 aromatic heterocycles. The van der Waals surface area contributed by atoms with Crippen LogP contribution in [0.1, 0.15) is 125 Å². The van der Waals surface area contributed by atoms with Crippen molar-refractivity contribution in [1.82, 2.24) is 34.9 Å². The highest BCUT2D eigenvalue weighted by Crippen LogP contribution is 2.39. The van der Waals surface area contributed by atoms with Gasteiger partial charge in [0.15, 0.2) is 0 Å². The maximum absolute atomic E-state index is 14.0. The number of imidazole rings is 1. The van der Waals surface area contributed by atoms with E-state index >= 15 is 0 Å². The van der Waals surface area contributed by atoms with E-state index in [4.69, 9.17) is 11.5 Å². The zero-order valence-electron chi connectivity index (χ0n) is 38.6. The molecule has 0 bridgehead atoms. The number of nitrogens with one attached hydrogen (secondary N) is 3. The Kier molecular flexibility index (Phi) is 14.9. The van der Waals surface area contributed by atoms with Gasteiger partial charge in [0, 0.05) is 45.4 Å². The van der Waals surface area contributed by atoms with Gasteiger partial charge in [-0.25, -0.2) is 4.79 Å². The molecule has 1 saturated carbocycles. The van der Waals surface area contributed by atoms with Crippen molar-refractivity contribution in [2.45, 2.75) is 132 Å². The molecule has 3 aliphatic heterocycles. The van der Waals surface area contributed by atoms with Gasteiger partial charge in [-0.15, -0.1) is 0 Å². The van der Waals surface area contributed by atoms with Crippen LogP contribution in [0.3, 0.4) is 0 Å². The fourth-order valence-corrected chi connectivity index (χ4v) is 11.0. The van der Waals surface area contributed by atoms with Crippen LogP contribution in [0, 0.1) is 5.92 Å². The van der Waals surface area contributed by atoms with Gasteiger partial charge in [-0.2, -0.15) is 0 Å². The lowest BCUT2D eigenvalue weighted by molar-refractivity contribution is -0.145. The molecule has 4 heterocycles. The SMILES string of the molecule is Cn1c(=O)n(C2CCC(=O)NC2=O)c2ccc(C3CCC(CCCC(=O)N4CC[C@H]5CC[C@@H](C(=O)N[C@@H](CCC(N)=O)C(=O)NC(c6ccccc6)c6ccccc6)N5C(=O)[C@@H](N)C4)CC3)cc21. The second kappa shape index (κ2) is 21.1. The molecule has 0 spiro atoms. The zero-order valence-corrected chi connectivity index (χ0v) is 38.6.